The molecule has 1 N–H and O–H groups in total. The molecule has 0 aliphatic rings. The molecule has 2 rings (SSSR count). The number of nitrogens with one attached hydrogen (secondary N) is 1. The first-order valence-electron chi connectivity index (χ1n) is 7.12. The average Bonchev–Trinajstić information content (AvgIpc) is 3.06. The van der Waals surface area contributed by atoms with Crippen molar-refractivity contribution in [2.75, 3.05) is 6.54 Å². The second-order valence-electron chi connectivity index (χ2n) is 4.76. The van der Waals surface area contributed by atoms with Gasteiger partial charge in [0.25, 0.3) is 0 Å². The monoisotopic (exact) mass is 261 g/mol. The van der Waals surface area contributed by atoms with Crippen molar-refractivity contribution in [1.29, 1.82) is 0 Å². The normalized spacial score (nSPS) is 12.7. The third-order valence-corrected chi connectivity index (χ3v) is 3.18. The SMILES string of the molecule is CCCNC(Cc1nccn1CCC)c1ccco1. The number of aromatic nitrogens is 2. The number of furan rings is 1. The molecule has 0 radical (unpaired) electrons. The lowest BCUT2D eigenvalue weighted by Crippen LogP contribution is -2.25. The van der Waals surface area contributed by atoms with Crippen LogP contribution < -0.4 is 5.32 Å². The number of hydrogen-bond donors (Lipinski definition) is 1. The molecular formula is C15H23N3O. The van der Waals surface area contributed by atoms with Crippen LogP contribution in [-0.2, 0) is 13.0 Å². The highest BCUT2D eigenvalue weighted by atomic mass is 16.3. The summed E-state index contributed by atoms with van der Waals surface area (Å²) in [5, 5.41) is 3.53. The topological polar surface area (TPSA) is 43.0 Å². The summed E-state index contributed by atoms with van der Waals surface area (Å²) in [6.45, 7) is 6.36. The van der Waals surface area contributed by atoms with E-state index in [2.05, 4.69) is 34.9 Å². The highest BCUT2D eigenvalue weighted by Crippen LogP contribution is 2.18. The minimum absolute atomic E-state index is 0.202. The molecule has 4 nitrogen and oxygen atoms in total. The summed E-state index contributed by atoms with van der Waals surface area (Å²) < 4.78 is 7.77. The van der Waals surface area contributed by atoms with Crippen molar-refractivity contribution in [1.82, 2.24) is 14.9 Å². The minimum atomic E-state index is 0.202. The predicted molar refractivity (Wildman–Crippen MR) is 76.0 cm³/mol. The molecule has 0 aliphatic heterocycles. The maximum atomic E-state index is 5.54. The number of aryl methyl sites for hydroxylation is 1. The van der Waals surface area contributed by atoms with Gasteiger partial charge >= 0.3 is 0 Å². The van der Waals surface area contributed by atoms with E-state index < -0.39 is 0 Å². The van der Waals surface area contributed by atoms with Crippen molar-refractivity contribution >= 4 is 0 Å². The van der Waals surface area contributed by atoms with E-state index >= 15 is 0 Å². The Morgan fingerprint density at radius 2 is 2.26 bits per heavy atom. The van der Waals surface area contributed by atoms with Gasteiger partial charge in [0.2, 0.25) is 0 Å². The number of imidazole rings is 1. The third-order valence-electron chi connectivity index (χ3n) is 3.18. The summed E-state index contributed by atoms with van der Waals surface area (Å²) >= 11 is 0. The minimum Gasteiger partial charge on any atom is -0.468 e. The fraction of sp³-hybridized carbons (Fsp3) is 0.533. The molecule has 0 aromatic carbocycles. The second-order valence-corrected chi connectivity index (χ2v) is 4.76. The van der Waals surface area contributed by atoms with Crippen molar-refractivity contribution in [3.8, 4) is 0 Å². The number of hydrogen-bond acceptors (Lipinski definition) is 3. The first-order valence-corrected chi connectivity index (χ1v) is 7.12. The van der Waals surface area contributed by atoms with E-state index in [0.717, 1.165) is 43.9 Å². The third kappa shape index (κ3) is 3.70. The number of rotatable bonds is 8. The molecular weight excluding hydrogens is 238 g/mol. The zero-order valence-electron chi connectivity index (χ0n) is 11.8. The Morgan fingerprint density at radius 3 is 2.95 bits per heavy atom. The zero-order valence-corrected chi connectivity index (χ0v) is 11.8. The van der Waals surface area contributed by atoms with Crippen LogP contribution in [0.5, 0.6) is 0 Å². The summed E-state index contributed by atoms with van der Waals surface area (Å²) in [5.41, 5.74) is 0. The maximum absolute atomic E-state index is 5.54. The van der Waals surface area contributed by atoms with Gasteiger partial charge in [-0.25, -0.2) is 4.98 Å². The van der Waals surface area contributed by atoms with E-state index in [4.69, 9.17) is 4.42 Å². The van der Waals surface area contributed by atoms with E-state index in [0.29, 0.717) is 0 Å². The van der Waals surface area contributed by atoms with E-state index in [1.807, 2.05) is 18.3 Å². The van der Waals surface area contributed by atoms with Gasteiger partial charge in [0.1, 0.15) is 11.6 Å². The molecule has 0 saturated heterocycles. The Hall–Kier alpha value is -1.55. The highest BCUT2D eigenvalue weighted by molar-refractivity contribution is 5.08. The van der Waals surface area contributed by atoms with Gasteiger partial charge in [-0.15, -0.1) is 0 Å². The van der Waals surface area contributed by atoms with Gasteiger partial charge in [-0.1, -0.05) is 13.8 Å². The average molecular weight is 261 g/mol. The van der Waals surface area contributed by atoms with Crippen LogP contribution in [0.2, 0.25) is 0 Å². The number of nitrogens with zero attached hydrogens (tertiary/aromatic N) is 2. The second kappa shape index (κ2) is 7.14. The molecule has 2 aromatic rings. The van der Waals surface area contributed by atoms with E-state index in [9.17, 15) is 0 Å². The molecule has 0 saturated carbocycles. The molecule has 1 unspecified atom stereocenters. The summed E-state index contributed by atoms with van der Waals surface area (Å²) in [6.07, 6.45) is 8.76. The molecule has 0 bridgehead atoms. The van der Waals surface area contributed by atoms with Gasteiger partial charge in [-0.2, -0.15) is 0 Å². The van der Waals surface area contributed by atoms with Crippen molar-refractivity contribution in [2.24, 2.45) is 0 Å². The van der Waals surface area contributed by atoms with Crippen molar-refractivity contribution in [3.05, 3.63) is 42.4 Å². The lowest BCUT2D eigenvalue weighted by Gasteiger charge is -2.16. The molecule has 1 atom stereocenters. The van der Waals surface area contributed by atoms with Crippen LogP contribution in [0.4, 0.5) is 0 Å². The van der Waals surface area contributed by atoms with E-state index in [1.165, 1.54) is 0 Å². The molecule has 0 amide bonds. The summed E-state index contributed by atoms with van der Waals surface area (Å²) in [6, 6.07) is 4.17. The van der Waals surface area contributed by atoms with Gasteiger partial charge < -0.3 is 14.3 Å². The smallest absolute Gasteiger partial charge is 0.121 e. The van der Waals surface area contributed by atoms with Crippen molar-refractivity contribution < 1.29 is 4.42 Å². The van der Waals surface area contributed by atoms with Crippen LogP contribution in [0.15, 0.2) is 35.2 Å². The summed E-state index contributed by atoms with van der Waals surface area (Å²) in [5.74, 6) is 2.10. The van der Waals surface area contributed by atoms with Crippen LogP contribution in [-0.4, -0.2) is 16.1 Å². The van der Waals surface area contributed by atoms with Crippen LogP contribution in [0.25, 0.3) is 0 Å². The van der Waals surface area contributed by atoms with Crippen LogP contribution in [0.3, 0.4) is 0 Å². The fourth-order valence-electron chi connectivity index (χ4n) is 2.24. The Morgan fingerprint density at radius 1 is 1.37 bits per heavy atom. The molecule has 19 heavy (non-hydrogen) atoms. The van der Waals surface area contributed by atoms with Crippen molar-refractivity contribution in [2.45, 2.75) is 45.7 Å². The van der Waals surface area contributed by atoms with Gasteiger partial charge in [0, 0.05) is 25.4 Å². The fourth-order valence-corrected chi connectivity index (χ4v) is 2.24. The van der Waals surface area contributed by atoms with E-state index in [1.54, 1.807) is 6.26 Å². The van der Waals surface area contributed by atoms with Crippen LogP contribution in [0, 0.1) is 0 Å². The zero-order chi connectivity index (χ0) is 13.5. The molecule has 0 spiro atoms. The molecule has 4 heteroatoms. The highest BCUT2D eigenvalue weighted by Gasteiger charge is 2.16. The first-order chi connectivity index (χ1) is 9.35. The van der Waals surface area contributed by atoms with Crippen LogP contribution >= 0.6 is 0 Å². The van der Waals surface area contributed by atoms with Gasteiger partial charge in [0.05, 0.1) is 12.3 Å². The lowest BCUT2D eigenvalue weighted by molar-refractivity contribution is 0.401. The molecule has 104 valence electrons. The predicted octanol–water partition coefficient (Wildman–Crippen LogP) is 3.17. The Labute approximate surface area is 114 Å². The Bertz CT molecular complexity index is 461. The largest absolute Gasteiger partial charge is 0.468 e. The van der Waals surface area contributed by atoms with Crippen LogP contribution in [0.1, 0.15) is 44.3 Å². The maximum Gasteiger partial charge on any atom is 0.121 e. The standard InChI is InChI=1S/C15H23N3O/c1-3-7-16-13(14-6-5-11-19-14)12-15-17-8-10-18(15)9-4-2/h5-6,8,10-11,13,16H,3-4,7,9,12H2,1-2H3. The quantitative estimate of drug-likeness (QED) is 0.793. The molecule has 0 aliphatic carbocycles. The molecule has 2 aromatic heterocycles. The van der Waals surface area contributed by atoms with Gasteiger partial charge in [-0.3, -0.25) is 0 Å². The summed E-state index contributed by atoms with van der Waals surface area (Å²) in [4.78, 5) is 4.47. The lowest BCUT2D eigenvalue weighted by atomic mass is 10.1. The van der Waals surface area contributed by atoms with Crippen molar-refractivity contribution in [3.63, 3.8) is 0 Å². The van der Waals surface area contributed by atoms with Gasteiger partial charge in [-0.05, 0) is 31.5 Å². The van der Waals surface area contributed by atoms with E-state index in [-0.39, 0.29) is 6.04 Å². The van der Waals surface area contributed by atoms with Gasteiger partial charge in [0.15, 0.2) is 0 Å². The Balaban J connectivity index is 2.08. The summed E-state index contributed by atoms with van der Waals surface area (Å²) in [7, 11) is 0. The molecule has 2 heterocycles. The first kappa shape index (κ1) is 13.9. The molecule has 0 fully saturated rings. The Kier molecular flexibility index (Phi) is 5.21.